The van der Waals surface area contributed by atoms with Gasteiger partial charge in [0.15, 0.2) is 0 Å². The van der Waals surface area contributed by atoms with Crippen molar-refractivity contribution in [2.45, 2.75) is 0 Å². The van der Waals surface area contributed by atoms with E-state index in [0.717, 1.165) is 0 Å². The molecule has 0 unspecified atom stereocenters. The average Bonchev–Trinajstić information content (AvgIpc) is 0.811. The van der Waals surface area contributed by atoms with E-state index in [0.29, 0.717) is 0 Å². The molecule has 0 aliphatic heterocycles. The standard InChI is InChI=1S/Ca.HNO3.2H3N.2H/c;2-1(3)4;;;;/h;(H,2,3,4);2*1H3;;. The molecule has 6 nitrogen and oxygen atoms in total. The summed E-state index contributed by atoms with van der Waals surface area (Å²) in [5.74, 6) is 0. The van der Waals surface area contributed by atoms with E-state index in [1.165, 1.54) is 0 Å². The van der Waals surface area contributed by atoms with E-state index < -0.39 is 5.09 Å². The molecular formula is H9CaN3O3. The molecule has 0 aliphatic rings. The van der Waals surface area contributed by atoms with Crippen LogP contribution >= 0.6 is 0 Å². The van der Waals surface area contributed by atoms with Crippen molar-refractivity contribution in [2.75, 3.05) is 0 Å². The Balaban J connectivity index is -0.0000000150. The molecule has 7 heteroatoms. The van der Waals surface area contributed by atoms with Crippen molar-refractivity contribution < 1.29 is 10.3 Å². The van der Waals surface area contributed by atoms with Crippen LogP contribution in [-0.2, 0) is 0 Å². The first kappa shape index (κ1) is 26.3. The molecule has 0 radical (unpaired) electrons. The summed E-state index contributed by atoms with van der Waals surface area (Å²) in [7, 11) is 0. The molecule has 0 rings (SSSR count). The van der Waals surface area contributed by atoms with E-state index in [9.17, 15) is 0 Å². The second-order valence-corrected chi connectivity index (χ2v) is 0.238. The number of rotatable bonds is 0. The van der Waals surface area contributed by atoms with E-state index in [1.807, 2.05) is 0 Å². The van der Waals surface area contributed by atoms with E-state index >= 15 is 0 Å². The SMILES string of the molecule is N.N.O=[N+]([O-])O.[CaH2]. The zero-order valence-electron chi connectivity index (χ0n) is 3.13. The first-order valence-corrected chi connectivity index (χ1v) is 0.565. The van der Waals surface area contributed by atoms with Crippen LogP contribution in [0.2, 0.25) is 0 Å². The number of nitrogens with zero attached hydrogens (tertiary/aromatic N) is 1. The van der Waals surface area contributed by atoms with Crippen molar-refractivity contribution in [1.82, 2.24) is 12.3 Å². The van der Waals surface area contributed by atoms with Gasteiger partial charge in [-0.1, -0.05) is 0 Å². The Bertz CT molecular complexity index is 33.2. The summed E-state index contributed by atoms with van der Waals surface area (Å²) in [4.78, 5) is 8.36. The van der Waals surface area contributed by atoms with E-state index in [-0.39, 0.29) is 50.0 Å². The molecule has 0 aromatic heterocycles. The van der Waals surface area contributed by atoms with Gasteiger partial charge in [-0.3, -0.25) is 0 Å². The van der Waals surface area contributed by atoms with E-state index in [2.05, 4.69) is 0 Å². The predicted octanol–water partition coefficient (Wildman–Crippen LogP) is -0.940. The van der Waals surface area contributed by atoms with Crippen molar-refractivity contribution >= 4 is 37.7 Å². The predicted molar refractivity (Wildman–Crippen MR) is 27.4 cm³/mol. The van der Waals surface area contributed by atoms with Gasteiger partial charge >= 0.3 is 37.7 Å². The van der Waals surface area contributed by atoms with Crippen LogP contribution in [0.4, 0.5) is 0 Å². The maximum absolute atomic E-state index is 8.36. The van der Waals surface area contributed by atoms with Crippen LogP contribution < -0.4 is 12.3 Å². The molecule has 0 aliphatic carbocycles. The van der Waals surface area contributed by atoms with Gasteiger partial charge in [0.25, 0.3) is 5.09 Å². The summed E-state index contributed by atoms with van der Waals surface area (Å²) in [6.45, 7) is 0. The van der Waals surface area contributed by atoms with Crippen LogP contribution in [0, 0.1) is 10.1 Å². The summed E-state index contributed by atoms with van der Waals surface area (Å²) >= 11 is 0. The molecule has 0 spiro atoms. The summed E-state index contributed by atoms with van der Waals surface area (Å²) in [6.07, 6.45) is 0. The summed E-state index contributed by atoms with van der Waals surface area (Å²) < 4.78 is 0. The minimum atomic E-state index is -1.50. The van der Waals surface area contributed by atoms with Crippen LogP contribution in [0.1, 0.15) is 0 Å². The number of hydrogen-bond donors (Lipinski definition) is 3. The fourth-order valence-electron chi connectivity index (χ4n) is 0. The normalized spacial score (nSPS) is 3.43. The van der Waals surface area contributed by atoms with Crippen LogP contribution in [0.15, 0.2) is 0 Å². The Morgan fingerprint density at radius 1 is 1.43 bits per heavy atom. The molecule has 0 heterocycles. The molecule has 0 aromatic rings. The maximum atomic E-state index is 8.36. The van der Waals surface area contributed by atoms with E-state index in [1.54, 1.807) is 0 Å². The Morgan fingerprint density at radius 3 is 1.43 bits per heavy atom. The molecule has 0 atom stereocenters. The Morgan fingerprint density at radius 2 is 1.43 bits per heavy atom. The molecule has 0 amide bonds. The van der Waals surface area contributed by atoms with Gasteiger partial charge in [-0.15, -0.1) is 10.1 Å². The van der Waals surface area contributed by atoms with Crippen molar-refractivity contribution in [3.05, 3.63) is 10.1 Å². The third-order valence-corrected chi connectivity index (χ3v) is 0. The fourth-order valence-corrected chi connectivity index (χ4v) is 0. The zero-order valence-corrected chi connectivity index (χ0v) is 3.13. The van der Waals surface area contributed by atoms with Gasteiger partial charge in [0.1, 0.15) is 0 Å². The molecule has 0 fully saturated rings. The third-order valence-electron chi connectivity index (χ3n) is 0. The average molecular weight is 139 g/mol. The van der Waals surface area contributed by atoms with Gasteiger partial charge in [-0.25, -0.2) is 0 Å². The van der Waals surface area contributed by atoms with Crippen LogP contribution in [-0.4, -0.2) is 48.0 Å². The summed E-state index contributed by atoms with van der Waals surface area (Å²) in [5, 5.41) is 13.6. The zero-order chi connectivity index (χ0) is 3.58. The van der Waals surface area contributed by atoms with Crippen molar-refractivity contribution in [1.29, 1.82) is 0 Å². The molecule has 0 aromatic carbocycles. The second-order valence-electron chi connectivity index (χ2n) is 0.238. The van der Waals surface area contributed by atoms with Crippen LogP contribution in [0.3, 0.4) is 0 Å². The second kappa shape index (κ2) is 16.2. The Hall–Kier alpha value is 0.380. The van der Waals surface area contributed by atoms with Gasteiger partial charge in [0, 0.05) is 0 Å². The Kier molecular flexibility index (Phi) is 60.7. The van der Waals surface area contributed by atoms with Crippen molar-refractivity contribution in [2.24, 2.45) is 0 Å². The monoisotopic (exact) mass is 139 g/mol. The molecule has 0 bridgehead atoms. The molecule has 44 valence electrons. The van der Waals surface area contributed by atoms with Crippen molar-refractivity contribution in [3.63, 3.8) is 0 Å². The van der Waals surface area contributed by atoms with Crippen LogP contribution in [0.25, 0.3) is 0 Å². The van der Waals surface area contributed by atoms with Gasteiger partial charge in [-0.2, -0.15) is 0 Å². The minimum absolute atomic E-state index is 0. The van der Waals surface area contributed by atoms with Crippen LogP contribution in [0.5, 0.6) is 0 Å². The third kappa shape index (κ3) is 849. The molecule has 0 saturated heterocycles. The quantitative estimate of drug-likeness (QED) is 0.226. The first-order chi connectivity index (χ1) is 1.73. The summed E-state index contributed by atoms with van der Waals surface area (Å²) in [6, 6.07) is 0. The van der Waals surface area contributed by atoms with Gasteiger partial charge in [-0.05, 0) is 0 Å². The summed E-state index contributed by atoms with van der Waals surface area (Å²) in [5.41, 5.74) is 0. The Labute approximate surface area is 70.2 Å². The molecule has 0 saturated carbocycles. The van der Waals surface area contributed by atoms with Gasteiger partial charge in [0.2, 0.25) is 0 Å². The molecular weight excluding hydrogens is 130 g/mol. The van der Waals surface area contributed by atoms with Gasteiger partial charge in [0.05, 0.1) is 0 Å². The fraction of sp³-hybridized carbons (Fsp3) is 0. The van der Waals surface area contributed by atoms with Gasteiger partial charge < -0.3 is 17.5 Å². The molecule has 7 heavy (non-hydrogen) atoms. The van der Waals surface area contributed by atoms with E-state index in [4.69, 9.17) is 15.3 Å². The van der Waals surface area contributed by atoms with Crippen molar-refractivity contribution in [3.8, 4) is 0 Å². The topological polar surface area (TPSA) is 133 Å². The first-order valence-electron chi connectivity index (χ1n) is 0.565. The number of hydrogen-bond acceptors (Lipinski definition) is 4. The molecule has 7 N–H and O–H groups in total.